The topological polar surface area (TPSA) is 101 Å². The van der Waals surface area contributed by atoms with Gasteiger partial charge in [-0.1, -0.05) is 24.3 Å². The highest BCUT2D eigenvalue weighted by molar-refractivity contribution is 5.95. The van der Waals surface area contributed by atoms with Crippen LogP contribution in [0.25, 0.3) is 22.4 Å². The molecule has 0 saturated carbocycles. The van der Waals surface area contributed by atoms with Crippen molar-refractivity contribution in [3.05, 3.63) is 54.9 Å². The fourth-order valence-electron chi connectivity index (χ4n) is 2.47. The highest BCUT2D eigenvalue weighted by Crippen LogP contribution is 2.27. The molecule has 1 amide bonds. The van der Waals surface area contributed by atoms with E-state index in [2.05, 4.69) is 30.8 Å². The number of tetrazole rings is 1. The van der Waals surface area contributed by atoms with Crippen molar-refractivity contribution >= 4 is 22.6 Å². The number of fused-ring (bicyclic) bond motifs is 1. The van der Waals surface area contributed by atoms with Crippen LogP contribution in [-0.2, 0) is 11.3 Å². The van der Waals surface area contributed by atoms with Gasteiger partial charge >= 0.3 is 0 Å². The van der Waals surface area contributed by atoms with Crippen LogP contribution in [0.1, 0.15) is 0 Å². The molecular weight excluding hydrogens is 306 g/mol. The number of amides is 1. The molecule has 2 aromatic carbocycles. The Kier molecular flexibility index (Phi) is 3.47. The molecule has 4 rings (SSSR count). The predicted molar refractivity (Wildman–Crippen MR) is 88.0 cm³/mol. The third-order valence-electron chi connectivity index (χ3n) is 3.54. The van der Waals surface area contributed by atoms with E-state index in [1.54, 1.807) is 0 Å². The summed E-state index contributed by atoms with van der Waals surface area (Å²) in [6.07, 6.45) is 1.39. The van der Waals surface area contributed by atoms with Gasteiger partial charge in [-0.05, 0) is 34.7 Å². The Hall–Kier alpha value is -3.55. The number of aromatic amines is 1. The zero-order valence-electron chi connectivity index (χ0n) is 12.5. The summed E-state index contributed by atoms with van der Waals surface area (Å²) >= 11 is 0. The Labute approximate surface area is 136 Å². The minimum absolute atomic E-state index is 0.0431. The van der Waals surface area contributed by atoms with Gasteiger partial charge in [-0.3, -0.25) is 4.79 Å². The van der Waals surface area contributed by atoms with Gasteiger partial charge in [-0.25, -0.2) is 9.67 Å². The monoisotopic (exact) mass is 319 g/mol. The van der Waals surface area contributed by atoms with E-state index < -0.39 is 0 Å². The molecule has 2 heterocycles. The molecule has 118 valence electrons. The first-order valence-corrected chi connectivity index (χ1v) is 7.34. The first kappa shape index (κ1) is 14.1. The highest BCUT2D eigenvalue weighted by Gasteiger charge is 2.12. The molecule has 0 bridgehead atoms. The lowest BCUT2D eigenvalue weighted by molar-refractivity contribution is -0.116. The van der Waals surface area contributed by atoms with Crippen LogP contribution >= 0.6 is 0 Å². The third kappa shape index (κ3) is 2.72. The molecule has 0 saturated heterocycles. The van der Waals surface area contributed by atoms with Crippen LogP contribution in [0, 0.1) is 0 Å². The number of imidazole rings is 1. The molecule has 0 radical (unpaired) electrons. The number of nitrogens with zero attached hydrogens (tertiary/aromatic N) is 5. The number of rotatable bonds is 4. The van der Waals surface area contributed by atoms with E-state index in [1.165, 1.54) is 11.0 Å². The molecule has 0 unspecified atom stereocenters. The van der Waals surface area contributed by atoms with Crippen molar-refractivity contribution in [3.8, 4) is 11.4 Å². The summed E-state index contributed by atoms with van der Waals surface area (Å²) in [6.45, 7) is 0.0431. The second-order valence-electron chi connectivity index (χ2n) is 5.20. The number of benzene rings is 2. The molecule has 2 aromatic heterocycles. The van der Waals surface area contributed by atoms with Gasteiger partial charge in [0.25, 0.3) is 0 Å². The average molecular weight is 319 g/mol. The van der Waals surface area contributed by atoms with E-state index in [4.69, 9.17) is 0 Å². The van der Waals surface area contributed by atoms with Crippen molar-refractivity contribution < 1.29 is 4.79 Å². The lowest BCUT2D eigenvalue weighted by Crippen LogP contribution is -2.19. The van der Waals surface area contributed by atoms with Gasteiger partial charge in [-0.2, -0.15) is 0 Å². The van der Waals surface area contributed by atoms with Gasteiger partial charge in [-0.15, -0.1) is 5.10 Å². The van der Waals surface area contributed by atoms with Crippen molar-refractivity contribution in [2.24, 2.45) is 0 Å². The Balaban J connectivity index is 1.63. The first-order valence-electron chi connectivity index (χ1n) is 7.34. The number of anilines is 1. The van der Waals surface area contributed by atoms with E-state index >= 15 is 0 Å². The van der Waals surface area contributed by atoms with Gasteiger partial charge in [0.2, 0.25) is 5.91 Å². The summed E-state index contributed by atoms with van der Waals surface area (Å²) in [5.74, 6) is 0.486. The van der Waals surface area contributed by atoms with Crippen LogP contribution in [-0.4, -0.2) is 36.1 Å². The number of para-hydroxylation sites is 3. The van der Waals surface area contributed by atoms with Crippen molar-refractivity contribution in [1.29, 1.82) is 0 Å². The molecule has 0 aliphatic carbocycles. The zero-order valence-corrected chi connectivity index (χ0v) is 12.5. The molecule has 8 heteroatoms. The lowest BCUT2D eigenvalue weighted by Gasteiger charge is -2.09. The van der Waals surface area contributed by atoms with Gasteiger partial charge in [0, 0.05) is 5.56 Å². The quantitative estimate of drug-likeness (QED) is 0.598. The minimum Gasteiger partial charge on any atom is -0.338 e. The number of carbonyl (C=O) groups excluding carboxylic acids is 1. The summed E-state index contributed by atoms with van der Waals surface area (Å²) < 4.78 is 1.36. The van der Waals surface area contributed by atoms with E-state index in [9.17, 15) is 4.79 Å². The van der Waals surface area contributed by atoms with Crippen LogP contribution in [0.5, 0.6) is 0 Å². The zero-order chi connectivity index (χ0) is 16.4. The molecule has 0 spiro atoms. The molecular formula is C16H13N7O. The summed E-state index contributed by atoms with van der Waals surface area (Å²) in [6, 6.07) is 15.3. The molecule has 8 nitrogen and oxygen atoms in total. The maximum Gasteiger partial charge on any atom is 0.246 e. The Morgan fingerprint density at radius 2 is 1.96 bits per heavy atom. The first-order chi connectivity index (χ1) is 11.8. The molecule has 0 aliphatic rings. The smallest absolute Gasteiger partial charge is 0.246 e. The fourth-order valence-corrected chi connectivity index (χ4v) is 2.47. The number of hydrogen-bond donors (Lipinski definition) is 2. The number of aromatic nitrogens is 6. The van der Waals surface area contributed by atoms with E-state index in [-0.39, 0.29) is 12.5 Å². The normalized spacial score (nSPS) is 10.8. The maximum absolute atomic E-state index is 12.2. The molecule has 0 fully saturated rings. The second-order valence-corrected chi connectivity index (χ2v) is 5.20. The van der Waals surface area contributed by atoms with Crippen LogP contribution < -0.4 is 5.32 Å². The SMILES string of the molecule is O=C(Cn1cnnn1)Nc1ccccc1-c1nc2ccccc2[nH]1. The predicted octanol–water partition coefficient (Wildman–Crippen LogP) is 1.86. The van der Waals surface area contributed by atoms with Gasteiger partial charge in [0.05, 0.1) is 16.7 Å². The Morgan fingerprint density at radius 3 is 2.79 bits per heavy atom. The Bertz CT molecular complexity index is 958. The second kappa shape index (κ2) is 5.92. The van der Waals surface area contributed by atoms with Gasteiger partial charge in [0.1, 0.15) is 18.7 Å². The highest BCUT2D eigenvalue weighted by atomic mass is 16.2. The molecule has 4 aromatic rings. The minimum atomic E-state index is -0.217. The van der Waals surface area contributed by atoms with Crippen LogP contribution in [0.15, 0.2) is 54.9 Å². The van der Waals surface area contributed by atoms with E-state index in [1.807, 2.05) is 48.5 Å². The Morgan fingerprint density at radius 1 is 1.12 bits per heavy atom. The largest absolute Gasteiger partial charge is 0.338 e. The van der Waals surface area contributed by atoms with Crippen molar-refractivity contribution in [2.45, 2.75) is 6.54 Å². The molecule has 24 heavy (non-hydrogen) atoms. The summed E-state index contributed by atoms with van der Waals surface area (Å²) in [4.78, 5) is 20.0. The maximum atomic E-state index is 12.2. The number of hydrogen-bond acceptors (Lipinski definition) is 5. The van der Waals surface area contributed by atoms with Gasteiger partial charge in [0.15, 0.2) is 0 Å². The van der Waals surface area contributed by atoms with Crippen molar-refractivity contribution in [3.63, 3.8) is 0 Å². The summed E-state index contributed by atoms with van der Waals surface area (Å²) in [7, 11) is 0. The van der Waals surface area contributed by atoms with Crippen LogP contribution in [0.2, 0.25) is 0 Å². The van der Waals surface area contributed by atoms with Crippen LogP contribution in [0.3, 0.4) is 0 Å². The van der Waals surface area contributed by atoms with E-state index in [0.29, 0.717) is 11.5 Å². The lowest BCUT2D eigenvalue weighted by atomic mass is 10.1. The number of carbonyl (C=O) groups is 1. The standard InChI is InChI=1S/C16H13N7O/c24-15(9-23-10-17-21-22-23)18-12-6-2-1-5-11(12)16-19-13-7-3-4-8-14(13)20-16/h1-8,10H,9H2,(H,18,24)(H,19,20). The number of nitrogens with one attached hydrogen (secondary N) is 2. The summed E-state index contributed by atoms with van der Waals surface area (Å²) in [5, 5.41) is 13.6. The van der Waals surface area contributed by atoms with Crippen LogP contribution in [0.4, 0.5) is 5.69 Å². The van der Waals surface area contributed by atoms with E-state index in [0.717, 1.165) is 16.6 Å². The van der Waals surface area contributed by atoms with Crippen molar-refractivity contribution in [1.82, 2.24) is 30.2 Å². The summed E-state index contributed by atoms with van der Waals surface area (Å²) in [5.41, 5.74) is 3.32. The fraction of sp³-hybridized carbons (Fsp3) is 0.0625. The molecule has 2 N–H and O–H groups in total. The average Bonchev–Trinajstić information content (AvgIpc) is 3.24. The number of H-pyrrole nitrogens is 1. The molecule has 0 atom stereocenters. The van der Waals surface area contributed by atoms with Gasteiger partial charge < -0.3 is 10.3 Å². The molecule has 0 aliphatic heterocycles. The third-order valence-corrected chi connectivity index (χ3v) is 3.54. The van der Waals surface area contributed by atoms with Crippen molar-refractivity contribution in [2.75, 3.05) is 5.32 Å².